The van der Waals surface area contributed by atoms with Crippen molar-refractivity contribution in [3.05, 3.63) is 84.5 Å². The van der Waals surface area contributed by atoms with E-state index in [-0.39, 0.29) is 6.03 Å². The van der Waals surface area contributed by atoms with Gasteiger partial charge >= 0.3 is 6.03 Å². The first-order chi connectivity index (χ1) is 15.2. The van der Waals surface area contributed by atoms with Gasteiger partial charge in [0, 0.05) is 36.6 Å². The summed E-state index contributed by atoms with van der Waals surface area (Å²) >= 11 is 0. The maximum Gasteiger partial charge on any atom is 0.319 e. The molecule has 0 atom stereocenters. The lowest BCUT2D eigenvalue weighted by atomic mass is 10.2. The van der Waals surface area contributed by atoms with E-state index in [0.717, 1.165) is 28.3 Å². The van der Waals surface area contributed by atoms with Gasteiger partial charge in [-0.1, -0.05) is 12.1 Å². The lowest BCUT2D eigenvalue weighted by Crippen LogP contribution is -2.30. The highest BCUT2D eigenvalue weighted by molar-refractivity contribution is 5.89. The molecule has 4 rings (SSSR count). The van der Waals surface area contributed by atoms with Crippen molar-refractivity contribution in [1.82, 2.24) is 20.1 Å². The van der Waals surface area contributed by atoms with E-state index in [4.69, 9.17) is 9.15 Å². The van der Waals surface area contributed by atoms with Gasteiger partial charge in [-0.05, 0) is 48.0 Å². The average molecular weight is 417 g/mol. The summed E-state index contributed by atoms with van der Waals surface area (Å²) in [6.45, 7) is 1.08. The molecule has 0 unspecified atom stereocenters. The first kappa shape index (κ1) is 20.2. The summed E-state index contributed by atoms with van der Waals surface area (Å²) in [5.74, 6) is 1.31. The molecule has 2 aromatic heterocycles. The van der Waals surface area contributed by atoms with Crippen LogP contribution in [0.3, 0.4) is 0 Å². The first-order valence-electron chi connectivity index (χ1n) is 9.89. The number of benzene rings is 2. The lowest BCUT2D eigenvalue weighted by Gasteiger charge is -2.09. The Morgan fingerprint density at radius 3 is 2.81 bits per heavy atom. The number of oxazole rings is 1. The van der Waals surface area contributed by atoms with E-state index in [2.05, 4.69) is 20.7 Å². The zero-order chi connectivity index (χ0) is 21.5. The van der Waals surface area contributed by atoms with E-state index in [1.54, 1.807) is 19.6 Å². The number of methoxy groups -OCH3 is 1. The van der Waals surface area contributed by atoms with Crippen molar-refractivity contribution in [3.63, 3.8) is 0 Å². The molecule has 2 N–H and O–H groups in total. The minimum atomic E-state index is -0.268. The second-order valence-electron chi connectivity index (χ2n) is 6.91. The molecule has 4 aromatic rings. The topological polar surface area (TPSA) is 94.2 Å². The van der Waals surface area contributed by atoms with E-state index in [1.165, 1.54) is 0 Å². The minimum Gasteiger partial charge on any atom is -0.497 e. The van der Waals surface area contributed by atoms with Crippen LogP contribution in [-0.4, -0.2) is 34.5 Å². The van der Waals surface area contributed by atoms with Crippen molar-refractivity contribution in [3.8, 4) is 17.2 Å². The van der Waals surface area contributed by atoms with E-state index in [1.807, 2.05) is 65.5 Å². The Morgan fingerprint density at radius 2 is 2.03 bits per heavy atom. The van der Waals surface area contributed by atoms with Gasteiger partial charge in [-0.3, -0.25) is 4.68 Å². The van der Waals surface area contributed by atoms with E-state index in [0.29, 0.717) is 25.4 Å². The summed E-state index contributed by atoms with van der Waals surface area (Å²) in [5, 5.41) is 9.90. The summed E-state index contributed by atoms with van der Waals surface area (Å²) in [5.41, 5.74) is 3.42. The molecule has 31 heavy (non-hydrogen) atoms. The number of ether oxygens (including phenoxy) is 1. The van der Waals surface area contributed by atoms with Crippen LogP contribution in [0.4, 0.5) is 10.5 Å². The summed E-state index contributed by atoms with van der Waals surface area (Å²) < 4.78 is 12.5. The summed E-state index contributed by atoms with van der Waals surface area (Å²) in [7, 11) is 1.62. The molecule has 0 aliphatic heterocycles. The second kappa shape index (κ2) is 9.62. The summed E-state index contributed by atoms with van der Waals surface area (Å²) in [6, 6.07) is 16.8. The Labute approximate surface area is 179 Å². The molecule has 0 saturated heterocycles. The molecule has 158 valence electrons. The molecule has 2 heterocycles. The molecule has 0 fully saturated rings. The standard InChI is InChI=1S/C23H23N5O3/c1-30-21-8-6-18(7-9-21)22-26-20(16-31-22)10-12-24-23(29)27-19-5-2-4-17(14-19)15-28-13-3-11-25-28/h2-9,11,13-14,16H,10,12,15H2,1H3,(H2,24,27,29). The van der Waals surface area contributed by atoms with Crippen LogP contribution in [0.5, 0.6) is 5.75 Å². The van der Waals surface area contributed by atoms with E-state index in [9.17, 15) is 4.79 Å². The van der Waals surface area contributed by atoms with Crippen molar-refractivity contribution >= 4 is 11.7 Å². The Hall–Kier alpha value is -4.07. The Balaban J connectivity index is 1.25. The zero-order valence-electron chi connectivity index (χ0n) is 17.1. The lowest BCUT2D eigenvalue weighted by molar-refractivity contribution is 0.252. The number of anilines is 1. The van der Waals surface area contributed by atoms with Crippen molar-refractivity contribution in [2.24, 2.45) is 0 Å². The van der Waals surface area contributed by atoms with Gasteiger partial charge < -0.3 is 19.8 Å². The van der Waals surface area contributed by atoms with Crippen molar-refractivity contribution in [2.45, 2.75) is 13.0 Å². The van der Waals surface area contributed by atoms with Gasteiger partial charge in [0.1, 0.15) is 12.0 Å². The van der Waals surface area contributed by atoms with Crippen molar-refractivity contribution in [2.75, 3.05) is 19.0 Å². The van der Waals surface area contributed by atoms with Crippen LogP contribution in [-0.2, 0) is 13.0 Å². The number of hydrogen-bond donors (Lipinski definition) is 2. The molecular weight excluding hydrogens is 394 g/mol. The maximum atomic E-state index is 12.2. The number of nitrogens with zero attached hydrogens (tertiary/aromatic N) is 3. The average Bonchev–Trinajstić information content (AvgIpc) is 3.46. The SMILES string of the molecule is COc1ccc(-c2nc(CCNC(=O)Nc3cccc(Cn4cccn4)c3)co2)cc1. The number of rotatable bonds is 8. The fourth-order valence-corrected chi connectivity index (χ4v) is 3.10. The zero-order valence-corrected chi connectivity index (χ0v) is 17.1. The van der Waals surface area contributed by atoms with Crippen LogP contribution in [0.2, 0.25) is 0 Å². The minimum absolute atomic E-state index is 0.268. The number of amides is 2. The Morgan fingerprint density at radius 1 is 1.16 bits per heavy atom. The van der Waals surface area contributed by atoms with Crippen LogP contribution in [0.1, 0.15) is 11.3 Å². The van der Waals surface area contributed by atoms with Gasteiger partial charge in [0.15, 0.2) is 0 Å². The third-order valence-corrected chi connectivity index (χ3v) is 4.64. The predicted octanol–water partition coefficient (Wildman–Crippen LogP) is 3.96. The molecule has 0 spiro atoms. The van der Waals surface area contributed by atoms with Crippen LogP contribution in [0.15, 0.2) is 77.7 Å². The molecule has 0 saturated carbocycles. The fourth-order valence-electron chi connectivity index (χ4n) is 3.10. The van der Waals surface area contributed by atoms with Gasteiger partial charge in [0.25, 0.3) is 0 Å². The number of hydrogen-bond acceptors (Lipinski definition) is 5. The molecule has 0 aliphatic rings. The molecule has 8 heteroatoms. The van der Waals surface area contributed by atoms with Gasteiger partial charge in [-0.25, -0.2) is 9.78 Å². The number of urea groups is 1. The van der Waals surface area contributed by atoms with Gasteiger partial charge in [-0.2, -0.15) is 5.10 Å². The normalized spacial score (nSPS) is 10.6. The van der Waals surface area contributed by atoms with Gasteiger partial charge in [0.2, 0.25) is 5.89 Å². The van der Waals surface area contributed by atoms with Gasteiger partial charge in [0.05, 0.1) is 19.3 Å². The number of carbonyl (C=O) groups excluding carboxylic acids is 1. The molecule has 0 aliphatic carbocycles. The Bertz CT molecular complexity index is 1120. The summed E-state index contributed by atoms with van der Waals surface area (Å²) in [6.07, 6.45) is 5.81. The smallest absolute Gasteiger partial charge is 0.319 e. The van der Waals surface area contributed by atoms with Crippen LogP contribution < -0.4 is 15.4 Å². The first-order valence-corrected chi connectivity index (χ1v) is 9.89. The fraction of sp³-hybridized carbons (Fsp3) is 0.174. The molecule has 8 nitrogen and oxygen atoms in total. The third-order valence-electron chi connectivity index (χ3n) is 4.64. The monoisotopic (exact) mass is 417 g/mol. The second-order valence-corrected chi connectivity index (χ2v) is 6.91. The van der Waals surface area contributed by atoms with Crippen LogP contribution in [0.25, 0.3) is 11.5 Å². The predicted molar refractivity (Wildman–Crippen MR) is 117 cm³/mol. The largest absolute Gasteiger partial charge is 0.497 e. The molecule has 0 radical (unpaired) electrons. The summed E-state index contributed by atoms with van der Waals surface area (Å²) in [4.78, 5) is 16.7. The van der Waals surface area contributed by atoms with Crippen molar-refractivity contribution in [1.29, 1.82) is 0 Å². The number of carbonyl (C=O) groups is 1. The molecular formula is C23H23N5O3. The molecule has 2 amide bonds. The maximum absolute atomic E-state index is 12.2. The quantitative estimate of drug-likeness (QED) is 0.453. The van der Waals surface area contributed by atoms with E-state index >= 15 is 0 Å². The van der Waals surface area contributed by atoms with Crippen LogP contribution in [0, 0.1) is 0 Å². The number of aromatic nitrogens is 3. The highest BCUT2D eigenvalue weighted by Gasteiger charge is 2.08. The Kier molecular flexibility index (Phi) is 6.27. The molecule has 0 bridgehead atoms. The number of nitrogens with one attached hydrogen (secondary N) is 2. The highest BCUT2D eigenvalue weighted by atomic mass is 16.5. The highest BCUT2D eigenvalue weighted by Crippen LogP contribution is 2.21. The van der Waals surface area contributed by atoms with Crippen molar-refractivity contribution < 1.29 is 13.9 Å². The molecule has 2 aromatic carbocycles. The van der Waals surface area contributed by atoms with E-state index < -0.39 is 0 Å². The van der Waals surface area contributed by atoms with Gasteiger partial charge in [-0.15, -0.1) is 0 Å². The third kappa shape index (κ3) is 5.51. The van der Waals surface area contributed by atoms with Crippen LogP contribution >= 0.6 is 0 Å².